The highest BCUT2D eigenvalue weighted by molar-refractivity contribution is 5.69. The van der Waals surface area contributed by atoms with Gasteiger partial charge in [-0.25, -0.2) is 0 Å². The molecule has 1 N–H and O–H groups in total. The highest BCUT2D eigenvalue weighted by Gasteiger charge is 2.22. The summed E-state index contributed by atoms with van der Waals surface area (Å²) in [5, 5.41) is 10.6. The minimum Gasteiger partial charge on any atom is -0.466 e. The second-order valence-electron chi connectivity index (χ2n) is 6.00. The van der Waals surface area contributed by atoms with Gasteiger partial charge in [0, 0.05) is 12.3 Å². The summed E-state index contributed by atoms with van der Waals surface area (Å²) in [5.74, 6) is 0.0985. The van der Waals surface area contributed by atoms with Crippen LogP contribution in [0.15, 0.2) is 42.5 Å². The third kappa shape index (κ3) is 6.02. The standard InChI is InChI=1S/C19H28O3/c1-5-22-18(20)13-15(4)11-12-17(14(2)3)19(21)16-9-7-6-8-10-16/h6-10,15,17,19,21H,2,5,11-13H2,1,3-4H3. The summed E-state index contributed by atoms with van der Waals surface area (Å²) in [5.41, 5.74) is 1.88. The molecular formula is C19H28O3. The first-order valence-electron chi connectivity index (χ1n) is 7.99. The average Bonchev–Trinajstić information content (AvgIpc) is 2.48. The number of carbonyl (C=O) groups excluding carboxylic acids is 1. The Morgan fingerprint density at radius 3 is 2.45 bits per heavy atom. The molecule has 0 amide bonds. The van der Waals surface area contributed by atoms with Crippen molar-refractivity contribution >= 4 is 5.97 Å². The molecule has 0 radical (unpaired) electrons. The fourth-order valence-electron chi connectivity index (χ4n) is 2.63. The van der Waals surface area contributed by atoms with E-state index in [0.717, 1.165) is 24.0 Å². The zero-order chi connectivity index (χ0) is 16.5. The van der Waals surface area contributed by atoms with Crippen molar-refractivity contribution in [1.29, 1.82) is 0 Å². The van der Waals surface area contributed by atoms with Crippen LogP contribution in [0.1, 0.15) is 51.7 Å². The predicted molar refractivity (Wildman–Crippen MR) is 89.4 cm³/mol. The van der Waals surface area contributed by atoms with E-state index in [2.05, 4.69) is 6.58 Å². The van der Waals surface area contributed by atoms with E-state index in [0.29, 0.717) is 13.0 Å². The van der Waals surface area contributed by atoms with Crippen LogP contribution in [-0.4, -0.2) is 17.7 Å². The van der Waals surface area contributed by atoms with Gasteiger partial charge in [-0.2, -0.15) is 0 Å². The van der Waals surface area contributed by atoms with Crippen molar-refractivity contribution in [3.63, 3.8) is 0 Å². The summed E-state index contributed by atoms with van der Waals surface area (Å²) in [6, 6.07) is 9.66. The van der Waals surface area contributed by atoms with Gasteiger partial charge in [-0.05, 0) is 38.2 Å². The van der Waals surface area contributed by atoms with E-state index in [1.165, 1.54) is 0 Å². The molecule has 3 heteroatoms. The number of benzene rings is 1. The first-order valence-corrected chi connectivity index (χ1v) is 7.99. The summed E-state index contributed by atoms with van der Waals surface area (Å²) < 4.78 is 4.98. The van der Waals surface area contributed by atoms with E-state index < -0.39 is 6.10 Å². The summed E-state index contributed by atoms with van der Waals surface area (Å²) in [6.07, 6.45) is 1.55. The van der Waals surface area contributed by atoms with E-state index in [1.807, 2.05) is 51.1 Å². The molecule has 122 valence electrons. The van der Waals surface area contributed by atoms with Gasteiger partial charge in [0.2, 0.25) is 0 Å². The van der Waals surface area contributed by atoms with Gasteiger partial charge >= 0.3 is 5.97 Å². The zero-order valence-electron chi connectivity index (χ0n) is 13.9. The summed E-state index contributed by atoms with van der Waals surface area (Å²) in [4.78, 5) is 11.5. The summed E-state index contributed by atoms with van der Waals surface area (Å²) in [6.45, 7) is 10.3. The van der Waals surface area contributed by atoms with Crippen LogP contribution >= 0.6 is 0 Å². The van der Waals surface area contributed by atoms with Gasteiger partial charge < -0.3 is 9.84 Å². The Bertz CT molecular complexity index is 467. The van der Waals surface area contributed by atoms with Crippen LogP contribution in [-0.2, 0) is 9.53 Å². The molecule has 22 heavy (non-hydrogen) atoms. The Balaban J connectivity index is 2.58. The molecule has 3 nitrogen and oxygen atoms in total. The van der Waals surface area contributed by atoms with Gasteiger partial charge in [0.05, 0.1) is 12.7 Å². The zero-order valence-corrected chi connectivity index (χ0v) is 13.9. The lowest BCUT2D eigenvalue weighted by molar-refractivity contribution is -0.144. The lowest BCUT2D eigenvalue weighted by atomic mass is 9.84. The molecule has 0 saturated heterocycles. The van der Waals surface area contributed by atoms with Crippen LogP contribution in [0.3, 0.4) is 0 Å². The molecule has 0 spiro atoms. The van der Waals surface area contributed by atoms with Crippen molar-refractivity contribution in [3.05, 3.63) is 48.0 Å². The second-order valence-corrected chi connectivity index (χ2v) is 6.00. The van der Waals surface area contributed by atoms with E-state index in [9.17, 15) is 9.90 Å². The molecular weight excluding hydrogens is 276 g/mol. The van der Waals surface area contributed by atoms with Gasteiger partial charge in [-0.15, -0.1) is 0 Å². The molecule has 0 saturated carbocycles. The average molecular weight is 304 g/mol. The molecule has 0 bridgehead atoms. The number of hydrogen-bond acceptors (Lipinski definition) is 3. The van der Waals surface area contributed by atoms with Crippen LogP contribution in [0.4, 0.5) is 0 Å². The van der Waals surface area contributed by atoms with E-state index in [1.54, 1.807) is 0 Å². The van der Waals surface area contributed by atoms with Crippen molar-refractivity contribution < 1.29 is 14.6 Å². The lowest BCUT2D eigenvalue weighted by Gasteiger charge is -2.25. The molecule has 0 aromatic heterocycles. The Hall–Kier alpha value is -1.61. The summed E-state index contributed by atoms with van der Waals surface area (Å²) in [7, 11) is 0. The largest absolute Gasteiger partial charge is 0.466 e. The van der Waals surface area contributed by atoms with Gasteiger partial charge in [-0.3, -0.25) is 4.79 Å². The van der Waals surface area contributed by atoms with Gasteiger partial charge in [0.15, 0.2) is 0 Å². The molecule has 0 aliphatic carbocycles. The fourth-order valence-corrected chi connectivity index (χ4v) is 2.63. The third-order valence-electron chi connectivity index (χ3n) is 3.95. The number of ether oxygens (including phenoxy) is 1. The monoisotopic (exact) mass is 304 g/mol. The maximum Gasteiger partial charge on any atom is 0.306 e. The van der Waals surface area contributed by atoms with E-state index in [4.69, 9.17) is 4.74 Å². The van der Waals surface area contributed by atoms with Crippen LogP contribution < -0.4 is 0 Å². The third-order valence-corrected chi connectivity index (χ3v) is 3.95. The van der Waals surface area contributed by atoms with E-state index in [-0.39, 0.29) is 17.8 Å². The summed E-state index contributed by atoms with van der Waals surface area (Å²) >= 11 is 0. The maximum atomic E-state index is 11.5. The van der Waals surface area contributed by atoms with Crippen molar-refractivity contribution in [3.8, 4) is 0 Å². The molecule has 0 aliphatic heterocycles. The molecule has 0 aliphatic rings. The van der Waals surface area contributed by atoms with Crippen molar-refractivity contribution in [2.24, 2.45) is 11.8 Å². The van der Waals surface area contributed by atoms with Crippen molar-refractivity contribution in [1.82, 2.24) is 0 Å². The van der Waals surface area contributed by atoms with Gasteiger partial charge in [0.25, 0.3) is 0 Å². The van der Waals surface area contributed by atoms with Crippen molar-refractivity contribution in [2.45, 2.75) is 46.1 Å². The maximum absolute atomic E-state index is 11.5. The predicted octanol–water partition coefficient (Wildman–Crippen LogP) is 4.28. The Labute approximate surface area is 134 Å². The SMILES string of the molecule is C=C(C)C(CCC(C)CC(=O)OCC)C(O)c1ccccc1. The van der Waals surface area contributed by atoms with E-state index >= 15 is 0 Å². The minimum atomic E-state index is -0.548. The molecule has 1 rings (SSSR count). The van der Waals surface area contributed by atoms with Crippen LogP contribution in [0, 0.1) is 11.8 Å². The highest BCUT2D eigenvalue weighted by Crippen LogP contribution is 2.32. The number of aliphatic hydroxyl groups excluding tert-OH is 1. The molecule has 3 atom stereocenters. The molecule has 0 heterocycles. The quantitative estimate of drug-likeness (QED) is 0.547. The van der Waals surface area contributed by atoms with Crippen molar-refractivity contribution in [2.75, 3.05) is 6.61 Å². The molecule has 3 unspecified atom stereocenters. The number of esters is 1. The van der Waals surface area contributed by atoms with Gasteiger partial charge in [0.1, 0.15) is 0 Å². The first-order chi connectivity index (χ1) is 10.5. The number of carbonyl (C=O) groups is 1. The number of aliphatic hydroxyl groups is 1. The number of rotatable bonds is 9. The smallest absolute Gasteiger partial charge is 0.306 e. The normalized spacial score (nSPS) is 14.9. The Morgan fingerprint density at radius 1 is 1.27 bits per heavy atom. The first kappa shape index (κ1) is 18.4. The minimum absolute atomic E-state index is 0.00652. The highest BCUT2D eigenvalue weighted by atomic mass is 16.5. The Kier molecular flexibility index (Phi) is 7.89. The van der Waals surface area contributed by atoms with Crippen LogP contribution in [0.25, 0.3) is 0 Å². The van der Waals surface area contributed by atoms with Gasteiger partial charge in [-0.1, -0.05) is 49.4 Å². The Morgan fingerprint density at radius 2 is 1.91 bits per heavy atom. The fraction of sp³-hybridized carbons (Fsp3) is 0.526. The lowest BCUT2D eigenvalue weighted by Crippen LogP contribution is -2.16. The number of hydrogen-bond donors (Lipinski definition) is 1. The molecule has 1 aromatic rings. The topological polar surface area (TPSA) is 46.5 Å². The molecule has 1 aromatic carbocycles. The van der Waals surface area contributed by atoms with Crippen LogP contribution in [0.2, 0.25) is 0 Å². The molecule has 0 fully saturated rings. The second kappa shape index (κ2) is 9.42. The van der Waals surface area contributed by atoms with Crippen LogP contribution in [0.5, 0.6) is 0 Å².